The van der Waals surface area contributed by atoms with Crippen LogP contribution in [0.5, 0.6) is 0 Å². The van der Waals surface area contributed by atoms with Crippen LogP contribution in [0.3, 0.4) is 0 Å². The van der Waals surface area contributed by atoms with Crippen molar-refractivity contribution in [1.29, 1.82) is 0 Å². The van der Waals surface area contributed by atoms with E-state index in [4.69, 9.17) is 0 Å². The second-order valence-electron chi connectivity index (χ2n) is 6.73. The predicted molar refractivity (Wildman–Crippen MR) is 81.2 cm³/mol. The molecule has 21 heavy (non-hydrogen) atoms. The first-order valence-corrected chi connectivity index (χ1v) is 8.33. The fraction of sp³-hybridized carbons (Fsp3) is 0.875. The van der Waals surface area contributed by atoms with E-state index in [1.807, 2.05) is 4.90 Å². The highest BCUT2D eigenvalue weighted by Gasteiger charge is 2.37. The highest BCUT2D eigenvalue weighted by Crippen LogP contribution is 2.32. The molecule has 0 aromatic carbocycles. The fourth-order valence-electron chi connectivity index (χ4n) is 3.33. The quantitative estimate of drug-likeness (QED) is 0.758. The molecule has 0 bridgehead atoms. The molecule has 0 unspecified atom stereocenters. The molecule has 2 fully saturated rings. The average Bonchev–Trinajstić information content (AvgIpc) is 3.22. The second-order valence-corrected chi connectivity index (χ2v) is 6.73. The van der Waals surface area contributed by atoms with E-state index in [9.17, 15) is 14.7 Å². The minimum absolute atomic E-state index is 0.0438. The number of urea groups is 1. The lowest BCUT2D eigenvalue weighted by Crippen LogP contribution is -2.55. The molecule has 2 aliphatic rings. The SMILES string of the molecule is CCCN(CC1CC1)C(=O)NC1(CC(=O)O)CCCCC1. The molecular formula is C16H28N2O3. The number of carboxylic acid groups (broad SMARTS) is 1. The first-order valence-electron chi connectivity index (χ1n) is 8.33. The molecule has 0 atom stereocenters. The summed E-state index contributed by atoms with van der Waals surface area (Å²) in [6.45, 7) is 3.65. The highest BCUT2D eigenvalue weighted by atomic mass is 16.4. The topological polar surface area (TPSA) is 69.6 Å². The lowest BCUT2D eigenvalue weighted by atomic mass is 9.79. The van der Waals surface area contributed by atoms with Gasteiger partial charge in [-0.15, -0.1) is 0 Å². The molecule has 2 N–H and O–H groups in total. The van der Waals surface area contributed by atoms with E-state index in [-0.39, 0.29) is 12.5 Å². The number of amides is 2. The van der Waals surface area contributed by atoms with Crippen LogP contribution >= 0.6 is 0 Å². The Hall–Kier alpha value is -1.26. The van der Waals surface area contributed by atoms with Gasteiger partial charge in [-0.25, -0.2) is 4.79 Å². The summed E-state index contributed by atoms with van der Waals surface area (Å²) in [6, 6.07) is -0.0631. The minimum Gasteiger partial charge on any atom is -0.481 e. The first kappa shape index (κ1) is 16.1. The minimum atomic E-state index is -0.818. The molecule has 120 valence electrons. The third kappa shape index (κ3) is 4.90. The maximum Gasteiger partial charge on any atom is 0.317 e. The molecule has 2 saturated carbocycles. The zero-order valence-corrected chi connectivity index (χ0v) is 13.1. The number of rotatable bonds is 7. The first-order chi connectivity index (χ1) is 10.0. The molecule has 2 aliphatic carbocycles. The summed E-state index contributed by atoms with van der Waals surface area (Å²) in [4.78, 5) is 25.6. The molecule has 2 rings (SSSR count). The molecule has 2 amide bonds. The monoisotopic (exact) mass is 296 g/mol. The van der Waals surface area contributed by atoms with E-state index in [0.717, 1.165) is 51.6 Å². The van der Waals surface area contributed by atoms with Crippen LogP contribution in [0, 0.1) is 5.92 Å². The molecule has 5 heteroatoms. The van der Waals surface area contributed by atoms with Gasteiger partial charge < -0.3 is 15.3 Å². The third-order valence-electron chi connectivity index (χ3n) is 4.63. The Morgan fingerprint density at radius 3 is 2.43 bits per heavy atom. The summed E-state index contributed by atoms with van der Waals surface area (Å²) in [6.07, 6.45) is 8.13. The van der Waals surface area contributed by atoms with E-state index in [2.05, 4.69) is 12.2 Å². The third-order valence-corrected chi connectivity index (χ3v) is 4.63. The predicted octanol–water partition coefficient (Wildman–Crippen LogP) is 3.00. The van der Waals surface area contributed by atoms with Crippen LogP contribution in [0.2, 0.25) is 0 Å². The average molecular weight is 296 g/mol. The zero-order chi connectivity index (χ0) is 15.3. The van der Waals surface area contributed by atoms with Crippen molar-refractivity contribution in [1.82, 2.24) is 10.2 Å². The number of hydrogen-bond donors (Lipinski definition) is 2. The summed E-state index contributed by atoms with van der Waals surface area (Å²) in [5, 5.41) is 12.3. The molecule has 0 spiro atoms. The summed E-state index contributed by atoms with van der Waals surface area (Å²) < 4.78 is 0. The molecule has 5 nitrogen and oxygen atoms in total. The maximum atomic E-state index is 12.6. The van der Waals surface area contributed by atoms with Gasteiger partial charge in [0.05, 0.1) is 12.0 Å². The molecule has 0 radical (unpaired) electrons. The van der Waals surface area contributed by atoms with Crippen LogP contribution in [-0.2, 0) is 4.79 Å². The molecule has 0 saturated heterocycles. The van der Waals surface area contributed by atoms with E-state index in [1.54, 1.807) is 0 Å². The Bertz CT molecular complexity index is 374. The molecule has 0 aromatic rings. The summed E-state index contributed by atoms with van der Waals surface area (Å²) in [5.74, 6) is -0.162. The summed E-state index contributed by atoms with van der Waals surface area (Å²) >= 11 is 0. The number of nitrogens with zero attached hydrogens (tertiary/aromatic N) is 1. The maximum absolute atomic E-state index is 12.6. The standard InChI is InChI=1S/C16H28N2O3/c1-2-10-18(12-13-6-7-13)15(21)17-16(11-14(19)20)8-4-3-5-9-16/h13H,2-12H2,1H3,(H,17,21)(H,19,20). The Labute approximate surface area is 127 Å². The van der Waals surface area contributed by atoms with Crippen LogP contribution in [0.4, 0.5) is 4.79 Å². The lowest BCUT2D eigenvalue weighted by molar-refractivity contribution is -0.139. The van der Waals surface area contributed by atoms with Crippen molar-refractivity contribution >= 4 is 12.0 Å². The normalized spacial score (nSPS) is 20.8. The number of carboxylic acids is 1. The van der Waals surface area contributed by atoms with Crippen LogP contribution in [-0.4, -0.2) is 40.6 Å². The van der Waals surface area contributed by atoms with Crippen LogP contribution in [0.1, 0.15) is 64.7 Å². The summed E-state index contributed by atoms with van der Waals surface area (Å²) in [7, 11) is 0. The van der Waals surface area contributed by atoms with Crippen molar-refractivity contribution in [2.24, 2.45) is 5.92 Å². The largest absolute Gasteiger partial charge is 0.481 e. The highest BCUT2D eigenvalue weighted by molar-refractivity contribution is 5.77. The Kier molecular flexibility index (Phi) is 5.48. The molecule has 0 aromatic heterocycles. The molecular weight excluding hydrogens is 268 g/mol. The van der Waals surface area contributed by atoms with Gasteiger partial charge in [0.15, 0.2) is 0 Å². The van der Waals surface area contributed by atoms with E-state index >= 15 is 0 Å². The molecule has 0 heterocycles. The van der Waals surface area contributed by atoms with Gasteiger partial charge >= 0.3 is 12.0 Å². The number of carbonyl (C=O) groups is 2. The van der Waals surface area contributed by atoms with Crippen molar-refractivity contribution in [3.8, 4) is 0 Å². The second kappa shape index (κ2) is 7.14. The smallest absolute Gasteiger partial charge is 0.317 e. The number of nitrogens with one attached hydrogen (secondary N) is 1. The van der Waals surface area contributed by atoms with Gasteiger partial charge in [0.1, 0.15) is 0 Å². The zero-order valence-electron chi connectivity index (χ0n) is 13.1. The summed E-state index contributed by atoms with van der Waals surface area (Å²) in [5.41, 5.74) is -0.531. The van der Waals surface area contributed by atoms with Crippen LogP contribution in [0.15, 0.2) is 0 Å². The fourth-order valence-corrected chi connectivity index (χ4v) is 3.33. The van der Waals surface area contributed by atoms with Crippen molar-refractivity contribution < 1.29 is 14.7 Å². The van der Waals surface area contributed by atoms with Gasteiger partial charge in [-0.2, -0.15) is 0 Å². The van der Waals surface area contributed by atoms with Crippen molar-refractivity contribution in [2.75, 3.05) is 13.1 Å². The molecule has 0 aliphatic heterocycles. The number of hydrogen-bond acceptors (Lipinski definition) is 2. The van der Waals surface area contributed by atoms with Crippen molar-refractivity contribution in [3.63, 3.8) is 0 Å². The number of carbonyl (C=O) groups excluding carboxylic acids is 1. The van der Waals surface area contributed by atoms with E-state index in [0.29, 0.717) is 5.92 Å². The van der Waals surface area contributed by atoms with E-state index in [1.165, 1.54) is 12.8 Å². The van der Waals surface area contributed by atoms with Gasteiger partial charge in [-0.3, -0.25) is 4.79 Å². The van der Waals surface area contributed by atoms with Gasteiger partial charge in [0.25, 0.3) is 0 Å². The Balaban J connectivity index is 1.98. The van der Waals surface area contributed by atoms with Gasteiger partial charge in [0, 0.05) is 13.1 Å². The number of aliphatic carboxylic acids is 1. The Morgan fingerprint density at radius 2 is 1.90 bits per heavy atom. The van der Waals surface area contributed by atoms with Crippen LogP contribution < -0.4 is 5.32 Å². The Morgan fingerprint density at radius 1 is 1.24 bits per heavy atom. The lowest BCUT2D eigenvalue weighted by Gasteiger charge is -2.38. The van der Waals surface area contributed by atoms with Gasteiger partial charge in [0.2, 0.25) is 0 Å². The van der Waals surface area contributed by atoms with Crippen molar-refractivity contribution in [3.05, 3.63) is 0 Å². The van der Waals surface area contributed by atoms with Gasteiger partial charge in [-0.1, -0.05) is 26.2 Å². The van der Waals surface area contributed by atoms with E-state index < -0.39 is 11.5 Å². The van der Waals surface area contributed by atoms with Crippen LogP contribution in [0.25, 0.3) is 0 Å². The van der Waals surface area contributed by atoms with Crippen molar-refractivity contribution in [2.45, 2.75) is 70.3 Å². The van der Waals surface area contributed by atoms with Gasteiger partial charge in [-0.05, 0) is 38.0 Å².